The van der Waals surface area contributed by atoms with Crippen LogP contribution in [-0.2, 0) is 11.3 Å². The quantitative estimate of drug-likeness (QED) is 0.632. The van der Waals surface area contributed by atoms with Crippen molar-refractivity contribution in [2.24, 2.45) is 4.99 Å². The van der Waals surface area contributed by atoms with Gasteiger partial charge in [0.1, 0.15) is 5.82 Å². The summed E-state index contributed by atoms with van der Waals surface area (Å²) in [7, 11) is 1.78. The molecule has 2 fully saturated rings. The molecule has 0 atom stereocenters. The van der Waals surface area contributed by atoms with Crippen molar-refractivity contribution in [2.45, 2.75) is 37.8 Å². The Bertz CT molecular complexity index is 563. The Kier molecular flexibility index (Phi) is 6.26. The third-order valence-electron chi connectivity index (χ3n) is 5.38. The van der Waals surface area contributed by atoms with E-state index in [0.29, 0.717) is 6.54 Å². The van der Waals surface area contributed by atoms with Gasteiger partial charge in [-0.25, -0.2) is 4.39 Å². The molecule has 0 saturated carbocycles. The number of halogens is 1. The molecule has 0 spiro atoms. The van der Waals surface area contributed by atoms with Gasteiger partial charge in [0, 0.05) is 38.9 Å². The van der Waals surface area contributed by atoms with E-state index in [-0.39, 0.29) is 11.4 Å². The van der Waals surface area contributed by atoms with Crippen LogP contribution in [0.25, 0.3) is 0 Å². The topological polar surface area (TPSA) is 48.9 Å². The Balaban J connectivity index is 1.55. The fourth-order valence-corrected chi connectivity index (χ4v) is 3.80. The maximum absolute atomic E-state index is 13.0. The largest absolute Gasteiger partial charge is 0.381 e. The first-order valence-electron chi connectivity index (χ1n) is 9.24. The van der Waals surface area contributed by atoms with Crippen molar-refractivity contribution < 1.29 is 9.13 Å². The lowest BCUT2D eigenvalue weighted by molar-refractivity contribution is -0.0164. The van der Waals surface area contributed by atoms with Gasteiger partial charge >= 0.3 is 0 Å². The molecule has 2 heterocycles. The van der Waals surface area contributed by atoms with Crippen LogP contribution in [0.15, 0.2) is 29.3 Å². The predicted molar refractivity (Wildman–Crippen MR) is 98.2 cm³/mol. The summed E-state index contributed by atoms with van der Waals surface area (Å²) in [5, 5.41) is 6.83. The van der Waals surface area contributed by atoms with E-state index in [9.17, 15) is 4.39 Å². The van der Waals surface area contributed by atoms with Gasteiger partial charge in [-0.3, -0.25) is 9.89 Å². The zero-order valence-corrected chi connectivity index (χ0v) is 15.1. The van der Waals surface area contributed by atoms with Crippen LogP contribution in [0.4, 0.5) is 4.39 Å². The highest BCUT2D eigenvalue weighted by atomic mass is 19.1. The molecule has 0 amide bonds. The second-order valence-electron chi connectivity index (χ2n) is 6.94. The molecule has 25 heavy (non-hydrogen) atoms. The molecule has 5 nitrogen and oxygen atoms in total. The Morgan fingerprint density at radius 1 is 1.16 bits per heavy atom. The van der Waals surface area contributed by atoms with Gasteiger partial charge in [-0.1, -0.05) is 12.1 Å². The third kappa shape index (κ3) is 4.70. The Morgan fingerprint density at radius 2 is 1.84 bits per heavy atom. The molecule has 6 heteroatoms. The summed E-state index contributed by atoms with van der Waals surface area (Å²) in [5.41, 5.74) is 1.20. The van der Waals surface area contributed by atoms with E-state index >= 15 is 0 Å². The van der Waals surface area contributed by atoms with E-state index in [1.54, 1.807) is 19.2 Å². The normalized spacial score (nSPS) is 21.3. The Morgan fingerprint density at radius 3 is 2.48 bits per heavy atom. The molecular weight excluding hydrogens is 319 g/mol. The zero-order valence-electron chi connectivity index (χ0n) is 15.1. The van der Waals surface area contributed by atoms with Gasteiger partial charge < -0.3 is 15.4 Å². The highest BCUT2D eigenvalue weighted by molar-refractivity contribution is 5.79. The molecule has 0 aliphatic carbocycles. The zero-order chi connectivity index (χ0) is 17.5. The van der Waals surface area contributed by atoms with E-state index in [1.165, 1.54) is 38.1 Å². The van der Waals surface area contributed by atoms with E-state index < -0.39 is 0 Å². The monoisotopic (exact) mass is 348 g/mol. The van der Waals surface area contributed by atoms with Crippen LogP contribution in [-0.4, -0.2) is 56.3 Å². The summed E-state index contributed by atoms with van der Waals surface area (Å²) < 4.78 is 18.6. The number of nitrogens with one attached hydrogen (secondary N) is 2. The summed E-state index contributed by atoms with van der Waals surface area (Å²) in [5.74, 6) is 0.577. The van der Waals surface area contributed by atoms with Crippen molar-refractivity contribution in [1.29, 1.82) is 0 Å². The van der Waals surface area contributed by atoms with Crippen LogP contribution < -0.4 is 10.6 Å². The number of ether oxygens (including phenoxy) is 1. The minimum Gasteiger partial charge on any atom is -0.381 e. The molecule has 0 bridgehead atoms. The summed E-state index contributed by atoms with van der Waals surface area (Å²) >= 11 is 0. The fraction of sp³-hybridized carbons (Fsp3) is 0.632. The van der Waals surface area contributed by atoms with Gasteiger partial charge in [0.15, 0.2) is 5.96 Å². The summed E-state index contributed by atoms with van der Waals surface area (Å²) in [6, 6.07) is 6.55. The third-order valence-corrected chi connectivity index (χ3v) is 5.38. The van der Waals surface area contributed by atoms with Gasteiger partial charge in [-0.2, -0.15) is 0 Å². The van der Waals surface area contributed by atoms with Gasteiger partial charge in [0.25, 0.3) is 0 Å². The molecule has 0 aromatic heterocycles. The number of aliphatic imine (C=N–C) groups is 1. The molecule has 1 aromatic rings. The molecule has 3 rings (SSSR count). The van der Waals surface area contributed by atoms with Crippen LogP contribution >= 0.6 is 0 Å². The lowest BCUT2D eigenvalue weighted by atomic mass is 9.88. The maximum atomic E-state index is 13.0. The highest BCUT2D eigenvalue weighted by Gasteiger charge is 2.39. The molecule has 138 valence electrons. The standard InChI is InChI=1S/C19H29FN4O/c1-21-18(22-14-16-4-6-17(20)7-5-16)23-15-19(8-12-25-13-9-19)24-10-2-3-11-24/h4-7H,2-3,8-15H2,1H3,(H2,21,22,23). The molecule has 1 aromatic carbocycles. The molecule has 0 radical (unpaired) electrons. The lowest BCUT2D eigenvalue weighted by Gasteiger charge is -2.45. The average molecular weight is 348 g/mol. The summed E-state index contributed by atoms with van der Waals surface area (Å²) in [6.45, 7) is 5.53. The lowest BCUT2D eigenvalue weighted by Crippen LogP contribution is -2.58. The average Bonchev–Trinajstić information content (AvgIpc) is 3.19. The first kappa shape index (κ1) is 18.1. The molecule has 2 aliphatic heterocycles. The molecule has 2 N–H and O–H groups in total. The molecule has 0 unspecified atom stereocenters. The van der Waals surface area contributed by atoms with Crippen molar-refractivity contribution in [2.75, 3.05) is 39.9 Å². The van der Waals surface area contributed by atoms with E-state index in [0.717, 1.165) is 44.1 Å². The van der Waals surface area contributed by atoms with Crippen molar-refractivity contribution in [1.82, 2.24) is 15.5 Å². The van der Waals surface area contributed by atoms with E-state index in [1.807, 2.05) is 0 Å². The predicted octanol–water partition coefficient (Wildman–Crippen LogP) is 2.14. The van der Waals surface area contributed by atoms with Crippen molar-refractivity contribution in [3.8, 4) is 0 Å². The number of likely N-dealkylation sites (tertiary alicyclic amines) is 1. The van der Waals surface area contributed by atoms with E-state index in [2.05, 4.69) is 20.5 Å². The van der Waals surface area contributed by atoms with Gasteiger partial charge in [-0.05, 0) is 56.5 Å². The first-order valence-corrected chi connectivity index (χ1v) is 9.24. The smallest absolute Gasteiger partial charge is 0.191 e. The number of rotatable bonds is 5. The van der Waals surface area contributed by atoms with E-state index in [4.69, 9.17) is 4.74 Å². The number of hydrogen-bond donors (Lipinski definition) is 2. The number of nitrogens with zero attached hydrogens (tertiary/aromatic N) is 2. The first-order chi connectivity index (χ1) is 12.2. The minimum absolute atomic E-state index is 0.169. The Labute approximate surface area is 149 Å². The maximum Gasteiger partial charge on any atom is 0.191 e. The number of benzene rings is 1. The van der Waals surface area contributed by atoms with Crippen molar-refractivity contribution >= 4 is 5.96 Å². The van der Waals surface area contributed by atoms with Crippen LogP contribution in [0, 0.1) is 5.82 Å². The van der Waals surface area contributed by atoms with Gasteiger partial charge in [0.05, 0.1) is 0 Å². The SMILES string of the molecule is CN=C(NCc1ccc(F)cc1)NCC1(N2CCCC2)CCOCC1. The summed E-state index contributed by atoms with van der Waals surface area (Å²) in [6.07, 6.45) is 4.71. The van der Waals surface area contributed by atoms with Gasteiger partial charge in [-0.15, -0.1) is 0 Å². The van der Waals surface area contributed by atoms with Crippen LogP contribution in [0.3, 0.4) is 0 Å². The fourth-order valence-electron chi connectivity index (χ4n) is 3.80. The van der Waals surface area contributed by atoms with Crippen molar-refractivity contribution in [3.05, 3.63) is 35.6 Å². The number of hydrogen-bond acceptors (Lipinski definition) is 3. The molecule has 2 saturated heterocycles. The van der Waals surface area contributed by atoms with Gasteiger partial charge in [0.2, 0.25) is 0 Å². The minimum atomic E-state index is -0.210. The van der Waals surface area contributed by atoms with Crippen LogP contribution in [0.1, 0.15) is 31.2 Å². The number of guanidine groups is 1. The highest BCUT2D eigenvalue weighted by Crippen LogP contribution is 2.30. The second kappa shape index (κ2) is 8.63. The summed E-state index contributed by atoms with van der Waals surface area (Å²) in [4.78, 5) is 6.97. The molecular formula is C19H29FN4O. The second-order valence-corrected chi connectivity index (χ2v) is 6.94. The van der Waals surface area contributed by atoms with Crippen LogP contribution in [0.2, 0.25) is 0 Å². The van der Waals surface area contributed by atoms with Crippen molar-refractivity contribution in [3.63, 3.8) is 0 Å². The Hall–Kier alpha value is -1.66. The van der Waals surface area contributed by atoms with Crippen LogP contribution in [0.5, 0.6) is 0 Å². The molecule has 2 aliphatic rings.